The summed E-state index contributed by atoms with van der Waals surface area (Å²) < 4.78 is 7.43. The number of fused-ring (bicyclic) bond motifs is 1. The van der Waals surface area contributed by atoms with Crippen molar-refractivity contribution in [3.05, 3.63) is 47.8 Å². The number of hydrogen-bond acceptors (Lipinski definition) is 3. The van der Waals surface area contributed by atoms with E-state index in [1.807, 2.05) is 31.4 Å². The lowest BCUT2D eigenvalue weighted by molar-refractivity contribution is -0.120. The van der Waals surface area contributed by atoms with E-state index >= 15 is 0 Å². The molecule has 2 aromatic heterocycles. The zero-order valence-electron chi connectivity index (χ0n) is 14.7. The fraction of sp³-hybridized carbons (Fsp3) is 0.300. The van der Waals surface area contributed by atoms with Crippen LogP contribution in [0.3, 0.4) is 0 Å². The van der Waals surface area contributed by atoms with E-state index in [1.54, 1.807) is 7.11 Å². The summed E-state index contributed by atoms with van der Waals surface area (Å²) in [6.45, 7) is 2.07. The molecule has 5 heteroatoms. The van der Waals surface area contributed by atoms with Crippen LogP contribution < -0.4 is 10.5 Å². The van der Waals surface area contributed by atoms with Crippen LogP contribution in [0.15, 0.2) is 36.5 Å². The first kappa shape index (κ1) is 15.7. The van der Waals surface area contributed by atoms with E-state index in [9.17, 15) is 4.79 Å². The summed E-state index contributed by atoms with van der Waals surface area (Å²) in [5.41, 5.74) is 10.3. The zero-order chi connectivity index (χ0) is 17.8. The van der Waals surface area contributed by atoms with Crippen LogP contribution in [-0.2, 0) is 17.3 Å². The van der Waals surface area contributed by atoms with Gasteiger partial charge in [-0.25, -0.2) is 0 Å². The predicted octanol–water partition coefficient (Wildman–Crippen LogP) is 3.07. The molecule has 4 rings (SSSR count). The van der Waals surface area contributed by atoms with Gasteiger partial charge in [-0.2, -0.15) is 0 Å². The zero-order valence-corrected chi connectivity index (χ0v) is 14.7. The Bertz CT molecular complexity index is 1000. The molecule has 1 aromatic carbocycles. The molecular weight excluding hydrogens is 314 g/mol. The van der Waals surface area contributed by atoms with Gasteiger partial charge in [-0.1, -0.05) is 0 Å². The smallest absolute Gasteiger partial charge is 0.229 e. The Morgan fingerprint density at radius 3 is 2.64 bits per heavy atom. The number of amides is 1. The SMILES string of the molecule is COc1ccc(-c2cc3cc(C4(C(N)=O)CC4)ncc3n2C)c(C)c1. The van der Waals surface area contributed by atoms with E-state index in [-0.39, 0.29) is 5.91 Å². The normalized spacial score (nSPS) is 15.3. The minimum atomic E-state index is -0.555. The second-order valence-electron chi connectivity index (χ2n) is 6.84. The quantitative estimate of drug-likeness (QED) is 0.796. The van der Waals surface area contributed by atoms with Gasteiger partial charge in [-0.05, 0) is 55.7 Å². The standard InChI is InChI=1S/C20H21N3O2/c1-12-8-14(25-3)4-5-15(12)16-9-13-10-18(20(6-7-20)19(21)24)22-11-17(13)23(16)2/h4-5,8-11H,6-7H2,1-3H3,(H2,21,24). The van der Waals surface area contributed by atoms with Crippen molar-refractivity contribution < 1.29 is 9.53 Å². The first-order valence-electron chi connectivity index (χ1n) is 8.37. The van der Waals surface area contributed by atoms with E-state index in [1.165, 1.54) is 0 Å². The van der Waals surface area contributed by atoms with Crippen LogP contribution >= 0.6 is 0 Å². The summed E-state index contributed by atoms with van der Waals surface area (Å²) in [5.74, 6) is 0.572. The van der Waals surface area contributed by atoms with Crippen molar-refractivity contribution in [3.8, 4) is 17.0 Å². The summed E-state index contributed by atoms with van der Waals surface area (Å²) in [6.07, 6.45) is 3.42. The Morgan fingerprint density at radius 1 is 1.28 bits per heavy atom. The van der Waals surface area contributed by atoms with Crippen molar-refractivity contribution in [1.29, 1.82) is 0 Å². The van der Waals surface area contributed by atoms with E-state index in [0.29, 0.717) is 0 Å². The molecule has 1 amide bonds. The summed E-state index contributed by atoms with van der Waals surface area (Å²) in [5, 5.41) is 1.07. The number of pyridine rings is 1. The molecule has 0 bridgehead atoms. The molecule has 2 heterocycles. The molecule has 128 valence electrons. The number of primary amides is 1. The Morgan fingerprint density at radius 2 is 2.04 bits per heavy atom. The van der Waals surface area contributed by atoms with Gasteiger partial charge in [0.15, 0.2) is 0 Å². The molecule has 1 aliphatic carbocycles. The van der Waals surface area contributed by atoms with Gasteiger partial charge in [0.1, 0.15) is 5.75 Å². The highest BCUT2D eigenvalue weighted by molar-refractivity contribution is 5.92. The Kier molecular flexibility index (Phi) is 3.35. The lowest BCUT2D eigenvalue weighted by Crippen LogP contribution is -2.29. The van der Waals surface area contributed by atoms with Gasteiger partial charge in [-0.15, -0.1) is 0 Å². The molecule has 0 atom stereocenters. The number of nitrogens with zero attached hydrogens (tertiary/aromatic N) is 2. The maximum Gasteiger partial charge on any atom is 0.229 e. The van der Waals surface area contributed by atoms with E-state index in [2.05, 4.69) is 28.6 Å². The third-order valence-corrected chi connectivity index (χ3v) is 5.35. The lowest BCUT2D eigenvalue weighted by Gasteiger charge is -2.10. The van der Waals surface area contributed by atoms with Crippen molar-refractivity contribution in [2.45, 2.75) is 25.2 Å². The highest BCUT2D eigenvalue weighted by atomic mass is 16.5. The molecule has 3 aromatic rings. The highest BCUT2D eigenvalue weighted by Crippen LogP contribution is 2.47. The highest BCUT2D eigenvalue weighted by Gasteiger charge is 2.51. The average molecular weight is 335 g/mol. The fourth-order valence-electron chi connectivity index (χ4n) is 3.56. The number of carbonyl (C=O) groups excluding carboxylic acids is 1. The number of methoxy groups -OCH3 is 1. The first-order valence-corrected chi connectivity index (χ1v) is 8.37. The van der Waals surface area contributed by atoms with Crippen LogP contribution in [-0.4, -0.2) is 22.6 Å². The van der Waals surface area contributed by atoms with Crippen LogP contribution in [0.1, 0.15) is 24.1 Å². The van der Waals surface area contributed by atoms with Gasteiger partial charge in [0.2, 0.25) is 5.91 Å². The van der Waals surface area contributed by atoms with Crippen molar-refractivity contribution in [2.24, 2.45) is 12.8 Å². The molecular formula is C20H21N3O2. The second-order valence-corrected chi connectivity index (χ2v) is 6.84. The molecule has 5 nitrogen and oxygen atoms in total. The second kappa shape index (κ2) is 5.34. The first-order chi connectivity index (χ1) is 12.0. The number of aryl methyl sites for hydroxylation is 2. The van der Waals surface area contributed by atoms with E-state index in [0.717, 1.165) is 52.0 Å². The molecule has 0 aliphatic heterocycles. The van der Waals surface area contributed by atoms with Gasteiger partial charge in [-0.3, -0.25) is 9.78 Å². The molecule has 0 saturated heterocycles. The third-order valence-electron chi connectivity index (χ3n) is 5.35. The topological polar surface area (TPSA) is 70.1 Å². The molecule has 0 radical (unpaired) electrons. The summed E-state index contributed by atoms with van der Waals surface area (Å²) in [7, 11) is 3.70. The van der Waals surface area contributed by atoms with Gasteiger partial charge < -0.3 is 15.0 Å². The molecule has 1 aliphatic rings. The van der Waals surface area contributed by atoms with Crippen molar-refractivity contribution in [2.75, 3.05) is 7.11 Å². The monoisotopic (exact) mass is 335 g/mol. The number of nitrogens with two attached hydrogens (primary N) is 1. The summed E-state index contributed by atoms with van der Waals surface area (Å²) in [4.78, 5) is 16.3. The Balaban J connectivity index is 1.84. The molecule has 25 heavy (non-hydrogen) atoms. The minimum absolute atomic E-state index is 0.276. The van der Waals surface area contributed by atoms with Crippen molar-refractivity contribution >= 4 is 16.8 Å². The maximum absolute atomic E-state index is 11.8. The molecule has 2 N–H and O–H groups in total. The van der Waals surface area contributed by atoms with Crippen LogP contribution in [0.2, 0.25) is 0 Å². The number of benzene rings is 1. The van der Waals surface area contributed by atoms with Crippen LogP contribution in [0.25, 0.3) is 22.2 Å². The Hall–Kier alpha value is -2.82. The summed E-state index contributed by atoms with van der Waals surface area (Å²) >= 11 is 0. The number of carbonyl (C=O) groups is 1. The summed E-state index contributed by atoms with van der Waals surface area (Å²) in [6, 6.07) is 10.2. The number of aromatic nitrogens is 2. The van der Waals surface area contributed by atoms with Crippen LogP contribution in [0.5, 0.6) is 5.75 Å². The fourth-order valence-corrected chi connectivity index (χ4v) is 3.56. The van der Waals surface area contributed by atoms with E-state index < -0.39 is 5.41 Å². The average Bonchev–Trinajstić information content (AvgIpc) is 3.35. The maximum atomic E-state index is 11.8. The van der Waals surface area contributed by atoms with Crippen molar-refractivity contribution in [3.63, 3.8) is 0 Å². The molecule has 1 saturated carbocycles. The van der Waals surface area contributed by atoms with Gasteiger partial charge in [0, 0.05) is 23.7 Å². The van der Waals surface area contributed by atoms with Gasteiger partial charge in [0.05, 0.1) is 29.9 Å². The predicted molar refractivity (Wildman–Crippen MR) is 97.5 cm³/mol. The number of hydrogen-bond donors (Lipinski definition) is 1. The molecule has 0 unspecified atom stereocenters. The van der Waals surface area contributed by atoms with Crippen LogP contribution in [0.4, 0.5) is 0 Å². The number of rotatable bonds is 4. The van der Waals surface area contributed by atoms with Crippen LogP contribution in [0, 0.1) is 6.92 Å². The minimum Gasteiger partial charge on any atom is -0.497 e. The third kappa shape index (κ3) is 2.30. The van der Waals surface area contributed by atoms with Gasteiger partial charge >= 0.3 is 0 Å². The molecule has 0 spiro atoms. The number of ether oxygens (including phenoxy) is 1. The molecule has 1 fully saturated rings. The van der Waals surface area contributed by atoms with E-state index in [4.69, 9.17) is 10.5 Å². The Labute approximate surface area is 146 Å². The van der Waals surface area contributed by atoms with Gasteiger partial charge in [0.25, 0.3) is 0 Å². The lowest BCUT2D eigenvalue weighted by atomic mass is 10.00. The van der Waals surface area contributed by atoms with Crippen molar-refractivity contribution in [1.82, 2.24) is 9.55 Å². The largest absolute Gasteiger partial charge is 0.497 e.